The standard InChI is InChI=1S/C13H20N4O2/c1-13(2,3)17-8-7-14-10(12(17)19)16-9-5-4-6-15-11(9)18/h7-9H,4-6H2,1-3H3,(H,14,16)(H,15,18). The normalized spacial score (nSPS) is 19.9. The van der Waals surface area contributed by atoms with E-state index < -0.39 is 0 Å². The lowest BCUT2D eigenvalue weighted by Crippen LogP contribution is -2.46. The predicted molar refractivity (Wildman–Crippen MR) is 73.1 cm³/mol. The first kappa shape index (κ1) is 13.6. The molecule has 1 saturated heterocycles. The molecule has 1 aliphatic heterocycles. The maximum atomic E-state index is 12.3. The Morgan fingerprint density at radius 3 is 2.79 bits per heavy atom. The van der Waals surface area contributed by atoms with Gasteiger partial charge >= 0.3 is 0 Å². The molecule has 19 heavy (non-hydrogen) atoms. The highest BCUT2D eigenvalue weighted by atomic mass is 16.2. The summed E-state index contributed by atoms with van der Waals surface area (Å²) in [5, 5.41) is 5.73. The first-order valence-electron chi connectivity index (χ1n) is 6.52. The molecule has 6 heteroatoms. The van der Waals surface area contributed by atoms with Gasteiger partial charge in [-0.1, -0.05) is 0 Å². The largest absolute Gasteiger partial charge is 0.354 e. The van der Waals surface area contributed by atoms with E-state index in [9.17, 15) is 9.59 Å². The second kappa shape index (κ2) is 5.03. The molecule has 2 N–H and O–H groups in total. The van der Waals surface area contributed by atoms with Crippen molar-refractivity contribution >= 4 is 11.7 Å². The van der Waals surface area contributed by atoms with E-state index >= 15 is 0 Å². The van der Waals surface area contributed by atoms with E-state index in [1.165, 1.54) is 0 Å². The van der Waals surface area contributed by atoms with Gasteiger partial charge in [0, 0.05) is 24.5 Å². The zero-order chi connectivity index (χ0) is 14.0. The van der Waals surface area contributed by atoms with Crippen molar-refractivity contribution in [1.82, 2.24) is 14.9 Å². The fraction of sp³-hybridized carbons (Fsp3) is 0.615. The van der Waals surface area contributed by atoms with Crippen LogP contribution in [0.2, 0.25) is 0 Å². The quantitative estimate of drug-likeness (QED) is 0.824. The molecule has 1 fully saturated rings. The van der Waals surface area contributed by atoms with Crippen LogP contribution in [-0.4, -0.2) is 28.0 Å². The van der Waals surface area contributed by atoms with Gasteiger partial charge in [0.25, 0.3) is 5.56 Å². The van der Waals surface area contributed by atoms with Gasteiger partial charge in [0.05, 0.1) is 0 Å². The van der Waals surface area contributed by atoms with Crippen molar-refractivity contribution in [3.63, 3.8) is 0 Å². The van der Waals surface area contributed by atoms with E-state index in [4.69, 9.17) is 0 Å². The number of hydrogen-bond donors (Lipinski definition) is 2. The number of amides is 1. The van der Waals surface area contributed by atoms with Crippen LogP contribution in [-0.2, 0) is 10.3 Å². The number of hydrogen-bond acceptors (Lipinski definition) is 4. The van der Waals surface area contributed by atoms with Crippen LogP contribution >= 0.6 is 0 Å². The van der Waals surface area contributed by atoms with Crippen LogP contribution in [0.5, 0.6) is 0 Å². The molecule has 0 spiro atoms. The maximum Gasteiger partial charge on any atom is 0.293 e. The minimum atomic E-state index is -0.371. The molecule has 1 amide bonds. The highest BCUT2D eigenvalue weighted by molar-refractivity contribution is 5.84. The van der Waals surface area contributed by atoms with Gasteiger partial charge in [0.15, 0.2) is 5.82 Å². The number of aromatic nitrogens is 2. The summed E-state index contributed by atoms with van der Waals surface area (Å²) in [6, 6.07) is -0.371. The second-order valence-corrected chi connectivity index (χ2v) is 5.75. The Bertz CT molecular complexity index is 530. The van der Waals surface area contributed by atoms with Gasteiger partial charge in [-0.3, -0.25) is 9.59 Å². The molecule has 1 atom stereocenters. The number of piperidine rings is 1. The summed E-state index contributed by atoms with van der Waals surface area (Å²) < 4.78 is 1.61. The van der Waals surface area contributed by atoms with Gasteiger partial charge in [-0.25, -0.2) is 4.98 Å². The van der Waals surface area contributed by atoms with Crippen LogP contribution < -0.4 is 16.2 Å². The average Bonchev–Trinajstić information content (AvgIpc) is 2.33. The van der Waals surface area contributed by atoms with Crippen LogP contribution in [0.3, 0.4) is 0 Å². The number of anilines is 1. The van der Waals surface area contributed by atoms with Gasteiger partial charge in [-0.2, -0.15) is 0 Å². The van der Waals surface area contributed by atoms with E-state index in [0.717, 1.165) is 12.8 Å². The Kier molecular flexibility index (Phi) is 3.59. The van der Waals surface area contributed by atoms with Gasteiger partial charge in [-0.15, -0.1) is 0 Å². The number of carbonyl (C=O) groups is 1. The first-order valence-corrected chi connectivity index (χ1v) is 6.52. The minimum absolute atomic E-state index is 0.0707. The zero-order valence-corrected chi connectivity index (χ0v) is 11.6. The molecule has 1 aliphatic rings. The molecule has 0 aromatic carbocycles. The minimum Gasteiger partial charge on any atom is -0.354 e. The van der Waals surface area contributed by atoms with E-state index in [0.29, 0.717) is 6.54 Å². The monoisotopic (exact) mass is 264 g/mol. The summed E-state index contributed by atoms with van der Waals surface area (Å²) in [6.07, 6.45) is 4.87. The number of rotatable bonds is 2. The smallest absolute Gasteiger partial charge is 0.293 e. The summed E-state index contributed by atoms with van der Waals surface area (Å²) >= 11 is 0. The highest BCUT2D eigenvalue weighted by Crippen LogP contribution is 2.12. The number of nitrogens with zero attached hydrogens (tertiary/aromatic N) is 2. The molecular formula is C13H20N4O2. The molecule has 0 bridgehead atoms. The SMILES string of the molecule is CC(C)(C)n1ccnc(NC2CCCNC2=O)c1=O. The zero-order valence-electron chi connectivity index (χ0n) is 11.6. The van der Waals surface area contributed by atoms with Gasteiger partial charge in [-0.05, 0) is 33.6 Å². The molecule has 0 saturated carbocycles. The number of carbonyl (C=O) groups excluding carboxylic acids is 1. The molecule has 1 aromatic rings. The van der Waals surface area contributed by atoms with Crippen molar-refractivity contribution in [2.75, 3.05) is 11.9 Å². The summed E-state index contributed by atoms with van der Waals surface area (Å²) in [7, 11) is 0. The molecule has 2 rings (SSSR count). The third kappa shape index (κ3) is 2.94. The fourth-order valence-corrected chi connectivity index (χ4v) is 2.11. The van der Waals surface area contributed by atoms with E-state index in [-0.39, 0.29) is 28.9 Å². The fourth-order valence-electron chi connectivity index (χ4n) is 2.11. The van der Waals surface area contributed by atoms with E-state index in [1.807, 2.05) is 20.8 Å². The Balaban J connectivity index is 2.26. The Hall–Kier alpha value is -1.85. The van der Waals surface area contributed by atoms with Gasteiger partial charge in [0.2, 0.25) is 5.91 Å². The van der Waals surface area contributed by atoms with Crippen LogP contribution in [0, 0.1) is 0 Å². The Morgan fingerprint density at radius 1 is 1.42 bits per heavy atom. The molecule has 6 nitrogen and oxygen atoms in total. The van der Waals surface area contributed by atoms with Gasteiger partial charge in [0.1, 0.15) is 6.04 Å². The van der Waals surface area contributed by atoms with E-state index in [1.54, 1.807) is 17.0 Å². The van der Waals surface area contributed by atoms with Crippen molar-refractivity contribution in [3.8, 4) is 0 Å². The number of nitrogens with one attached hydrogen (secondary N) is 2. The molecule has 0 radical (unpaired) electrons. The molecule has 1 aromatic heterocycles. The molecule has 1 unspecified atom stereocenters. The molecule has 0 aliphatic carbocycles. The third-order valence-electron chi connectivity index (χ3n) is 3.16. The lowest BCUT2D eigenvalue weighted by molar-refractivity contribution is -0.123. The van der Waals surface area contributed by atoms with Crippen molar-refractivity contribution in [2.24, 2.45) is 0 Å². The predicted octanol–water partition coefficient (Wildman–Crippen LogP) is 0.689. The van der Waals surface area contributed by atoms with E-state index in [2.05, 4.69) is 15.6 Å². The maximum absolute atomic E-state index is 12.3. The first-order chi connectivity index (χ1) is 8.89. The van der Waals surface area contributed by atoms with Crippen molar-refractivity contribution < 1.29 is 4.79 Å². The van der Waals surface area contributed by atoms with Crippen LogP contribution in [0.4, 0.5) is 5.82 Å². The molecule has 2 heterocycles. The van der Waals surface area contributed by atoms with Gasteiger partial charge < -0.3 is 15.2 Å². The third-order valence-corrected chi connectivity index (χ3v) is 3.16. The van der Waals surface area contributed by atoms with Crippen molar-refractivity contribution in [2.45, 2.75) is 45.2 Å². The van der Waals surface area contributed by atoms with Crippen LogP contribution in [0.1, 0.15) is 33.6 Å². The highest BCUT2D eigenvalue weighted by Gasteiger charge is 2.24. The lowest BCUT2D eigenvalue weighted by atomic mass is 10.1. The molecule has 104 valence electrons. The van der Waals surface area contributed by atoms with Crippen molar-refractivity contribution in [3.05, 3.63) is 22.7 Å². The molecular weight excluding hydrogens is 244 g/mol. The Labute approximate surface area is 112 Å². The average molecular weight is 264 g/mol. The van der Waals surface area contributed by atoms with Crippen molar-refractivity contribution in [1.29, 1.82) is 0 Å². The summed E-state index contributed by atoms with van der Waals surface area (Å²) in [5.41, 5.74) is -0.515. The summed E-state index contributed by atoms with van der Waals surface area (Å²) in [6.45, 7) is 6.55. The second-order valence-electron chi connectivity index (χ2n) is 5.75. The van der Waals surface area contributed by atoms with Crippen LogP contribution in [0.25, 0.3) is 0 Å². The topological polar surface area (TPSA) is 76.0 Å². The summed E-state index contributed by atoms with van der Waals surface area (Å²) in [5.74, 6) is 0.165. The Morgan fingerprint density at radius 2 is 2.16 bits per heavy atom. The van der Waals surface area contributed by atoms with Crippen LogP contribution in [0.15, 0.2) is 17.2 Å². The lowest BCUT2D eigenvalue weighted by Gasteiger charge is -2.25. The summed E-state index contributed by atoms with van der Waals surface area (Å²) in [4.78, 5) is 28.0.